The van der Waals surface area contributed by atoms with Gasteiger partial charge in [-0.2, -0.15) is 0 Å². The minimum absolute atomic E-state index is 0.146. The molecule has 30 heavy (non-hydrogen) atoms. The molecule has 0 saturated carbocycles. The average molecular weight is 417 g/mol. The fourth-order valence-corrected chi connectivity index (χ4v) is 3.43. The van der Waals surface area contributed by atoms with Gasteiger partial charge in [-0.1, -0.05) is 54.1 Å². The van der Waals surface area contributed by atoms with E-state index in [-0.39, 0.29) is 5.91 Å². The van der Waals surface area contributed by atoms with Crippen molar-refractivity contribution in [3.63, 3.8) is 0 Å². The van der Waals surface area contributed by atoms with Gasteiger partial charge in [-0.15, -0.1) is 0 Å². The van der Waals surface area contributed by atoms with Crippen LogP contribution in [0.3, 0.4) is 0 Å². The SMILES string of the molecule is CN(C)c1cc(Cl)nc(Cc2cccc(NC(=O)c3ccc4ccccc4c3)c2)n1. The number of carbonyl (C=O) groups excluding carboxylic acids is 1. The molecule has 5 nitrogen and oxygen atoms in total. The number of amides is 1. The van der Waals surface area contributed by atoms with Crippen LogP contribution in [0.4, 0.5) is 11.5 Å². The van der Waals surface area contributed by atoms with Gasteiger partial charge in [-0.25, -0.2) is 9.97 Å². The van der Waals surface area contributed by atoms with Crippen molar-refractivity contribution in [2.75, 3.05) is 24.3 Å². The minimum atomic E-state index is -0.146. The van der Waals surface area contributed by atoms with Gasteiger partial charge < -0.3 is 10.2 Å². The highest BCUT2D eigenvalue weighted by atomic mass is 35.5. The molecule has 0 bridgehead atoms. The Hall–Kier alpha value is -3.44. The molecule has 1 amide bonds. The Labute approximate surface area is 180 Å². The lowest BCUT2D eigenvalue weighted by atomic mass is 10.1. The van der Waals surface area contributed by atoms with Crippen LogP contribution in [0.2, 0.25) is 5.15 Å². The molecule has 4 aromatic rings. The van der Waals surface area contributed by atoms with Crippen LogP contribution < -0.4 is 10.2 Å². The van der Waals surface area contributed by atoms with E-state index in [4.69, 9.17) is 11.6 Å². The lowest BCUT2D eigenvalue weighted by Gasteiger charge is -2.13. The summed E-state index contributed by atoms with van der Waals surface area (Å²) in [6.07, 6.45) is 0.515. The lowest BCUT2D eigenvalue weighted by Crippen LogP contribution is -2.13. The number of halogens is 1. The first-order chi connectivity index (χ1) is 14.5. The van der Waals surface area contributed by atoms with E-state index in [9.17, 15) is 4.79 Å². The van der Waals surface area contributed by atoms with Crippen LogP contribution >= 0.6 is 11.6 Å². The Balaban J connectivity index is 1.52. The monoisotopic (exact) mass is 416 g/mol. The fraction of sp³-hybridized carbons (Fsp3) is 0.125. The zero-order chi connectivity index (χ0) is 21.1. The Bertz CT molecular complexity index is 1220. The summed E-state index contributed by atoms with van der Waals surface area (Å²) in [6, 6.07) is 23.1. The van der Waals surface area contributed by atoms with Crippen molar-refractivity contribution in [1.29, 1.82) is 0 Å². The molecule has 0 unspecified atom stereocenters. The zero-order valence-electron chi connectivity index (χ0n) is 16.8. The van der Waals surface area contributed by atoms with Gasteiger partial charge in [0, 0.05) is 37.8 Å². The Morgan fingerprint density at radius 3 is 2.53 bits per heavy atom. The molecule has 1 heterocycles. The molecule has 4 rings (SSSR count). The molecule has 0 spiro atoms. The van der Waals surface area contributed by atoms with Gasteiger partial charge in [-0.05, 0) is 40.6 Å². The number of anilines is 2. The Kier molecular flexibility index (Phi) is 5.63. The van der Waals surface area contributed by atoms with Crippen LogP contribution in [0.25, 0.3) is 10.8 Å². The molecule has 150 valence electrons. The van der Waals surface area contributed by atoms with Crippen molar-refractivity contribution >= 4 is 39.8 Å². The zero-order valence-corrected chi connectivity index (χ0v) is 17.5. The third-order valence-corrected chi connectivity index (χ3v) is 4.94. The largest absolute Gasteiger partial charge is 0.363 e. The van der Waals surface area contributed by atoms with Crippen molar-refractivity contribution in [2.45, 2.75) is 6.42 Å². The number of hydrogen-bond donors (Lipinski definition) is 1. The average Bonchev–Trinajstić information content (AvgIpc) is 2.73. The van der Waals surface area contributed by atoms with Crippen molar-refractivity contribution in [3.8, 4) is 0 Å². The smallest absolute Gasteiger partial charge is 0.255 e. The number of benzene rings is 3. The summed E-state index contributed by atoms with van der Waals surface area (Å²) >= 11 is 6.13. The summed E-state index contributed by atoms with van der Waals surface area (Å²) in [4.78, 5) is 23.5. The molecule has 0 aliphatic heterocycles. The van der Waals surface area contributed by atoms with Crippen LogP contribution in [0, 0.1) is 0 Å². The summed E-state index contributed by atoms with van der Waals surface area (Å²) in [6.45, 7) is 0. The van der Waals surface area contributed by atoms with Crippen molar-refractivity contribution in [1.82, 2.24) is 9.97 Å². The topological polar surface area (TPSA) is 58.1 Å². The number of aromatic nitrogens is 2. The molecule has 0 aliphatic rings. The summed E-state index contributed by atoms with van der Waals surface area (Å²) in [7, 11) is 3.82. The van der Waals surface area contributed by atoms with Crippen LogP contribution in [0.5, 0.6) is 0 Å². The predicted molar refractivity (Wildman–Crippen MR) is 123 cm³/mol. The maximum absolute atomic E-state index is 12.7. The maximum atomic E-state index is 12.7. The fourth-order valence-electron chi connectivity index (χ4n) is 3.24. The van der Waals surface area contributed by atoms with Gasteiger partial charge in [0.1, 0.15) is 16.8 Å². The second kappa shape index (κ2) is 8.51. The lowest BCUT2D eigenvalue weighted by molar-refractivity contribution is 0.102. The molecule has 0 fully saturated rings. The summed E-state index contributed by atoms with van der Waals surface area (Å²) in [5.74, 6) is 1.24. The highest BCUT2D eigenvalue weighted by molar-refractivity contribution is 6.29. The van der Waals surface area contributed by atoms with E-state index in [2.05, 4.69) is 15.3 Å². The molecular weight excluding hydrogens is 396 g/mol. The van der Waals surface area contributed by atoms with E-state index in [1.54, 1.807) is 6.07 Å². The van der Waals surface area contributed by atoms with Crippen molar-refractivity contribution in [2.24, 2.45) is 0 Å². The van der Waals surface area contributed by atoms with Crippen LogP contribution in [-0.4, -0.2) is 30.0 Å². The highest BCUT2D eigenvalue weighted by Crippen LogP contribution is 2.20. The quantitative estimate of drug-likeness (QED) is 0.455. The van der Waals surface area contributed by atoms with E-state index in [1.165, 1.54) is 0 Å². The van der Waals surface area contributed by atoms with E-state index in [1.807, 2.05) is 85.7 Å². The number of carbonyl (C=O) groups is 1. The van der Waals surface area contributed by atoms with Gasteiger partial charge in [-0.3, -0.25) is 4.79 Å². The van der Waals surface area contributed by atoms with Crippen molar-refractivity contribution < 1.29 is 4.79 Å². The van der Waals surface area contributed by atoms with Crippen molar-refractivity contribution in [3.05, 3.63) is 94.9 Å². The second-order valence-electron chi connectivity index (χ2n) is 7.25. The van der Waals surface area contributed by atoms with Crippen LogP contribution in [-0.2, 0) is 6.42 Å². The van der Waals surface area contributed by atoms with Gasteiger partial charge in [0.15, 0.2) is 0 Å². The second-order valence-corrected chi connectivity index (χ2v) is 7.64. The summed E-state index contributed by atoms with van der Waals surface area (Å²) in [5.41, 5.74) is 2.33. The number of rotatable bonds is 5. The molecule has 0 aliphatic carbocycles. The van der Waals surface area contributed by atoms with Gasteiger partial charge in [0.05, 0.1) is 0 Å². The van der Waals surface area contributed by atoms with Crippen LogP contribution in [0.1, 0.15) is 21.7 Å². The molecule has 0 saturated heterocycles. The third-order valence-electron chi connectivity index (χ3n) is 4.74. The normalized spacial score (nSPS) is 10.8. The van der Waals surface area contributed by atoms with E-state index in [0.29, 0.717) is 23.0 Å². The molecule has 1 aromatic heterocycles. The van der Waals surface area contributed by atoms with Gasteiger partial charge >= 0.3 is 0 Å². The first-order valence-electron chi connectivity index (χ1n) is 9.58. The van der Waals surface area contributed by atoms with E-state index >= 15 is 0 Å². The van der Waals surface area contributed by atoms with Gasteiger partial charge in [0.2, 0.25) is 0 Å². The molecule has 3 aromatic carbocycles. The summed E-state index contributed by atoms with van der Waals surface area (Å²) in [5, 5.41) is 5.52. The van der Waals surface area contributed by atoms with E-state index < -0.39 is 0 Å². The Morgan fingerprint density at radius 1 is 0.933 bits per heavy atom. The maximum Gasteiger partial charge on any atom is 0.255 e. The number of hydrogen-bond acceptors (Lipinski definition) is 4. The Morgan fingerprint density at radius 2 is 1.73 bits per heavy atom. The number of nitrogens with one attached hydrogen (secondary N) is 1. The van der Waals surface area contributed by atoms with E-state index in [0.717, 1.165) is 27.8 Å². The first-order valence-corrected chi connectivity index (χ1v) is 9.95. The molecule has 6 heteroatoms. The highest BCUT2D eigenvalue weighted by Gasteiger charge is 2.09. The molecular formula is C24H21ClN4O. The molecule has 0 atom stereocenters. The minimum Gasteiger partial charge on any atom is -0.363 e. The summed E-state index contributed by atoms with van der Waals surface area (Å²) < 4.78 is 0. The number of fused-ring (bicyclic) bond motifs is 1. The van der Waals surface area contributed by atoms with Crippen LogP contribution in [0.15, 0.2) is 72.8 Å². The third kappa shape index (κ3) is 4.58. The molecule has 1 N–H and O–H groups in total. The van der Waals surface area contributed by atoms with Gasteiger partial charge in [0.25, 0.3) is 5.91 Å². The predicted octanol–water partition coefficient (Wildman–Crippen LogP) is 5.19. The standard InChI is InChI=1S/C24H21ClN4O/c1-29(2)23-15-21(25)27-22(28-23)13-16-6-5-9-20(12-16)26-24(30)19-11-10-17-7-3-4-8-18(17)14-19/h3-12,14-15H,13H2,1-2H3,(H,26,30). The first kappa shape index (κ1) is 19.9. The number of nitrogens with zero attached hydrogens (tertiary/aromatic N) is 3. The molecule has 0 radical (unpaired) electrons.